The van der Waals surface area contributed by atoms with Gasteiger partial charge in [0.25, 0.3) is 0 Å². The molecule has 1 aromatic carbocycles. The molecule has 3 fully saturated rings. The van der Waals surface area contributed by atoms with Crippen LogP contribution in [-0.2, 0) is 4.74 Å². The summed E-state index contributed by atoms with van der Waals surface area (Å²) in [7, 11) is 0. The number of nitrogens with one attached hydrogen (secondary N) is 1. The number of hydrogen-bond donors (Lipinski definition) is 1. The van der Waals surface area contributed by atoms with Gasteiger partial charge in [-0.15, -0.1) is 0 Å². The second kappa shape index (κ2) is 7.14. The largest absolute Gasteiger partial charge is 0.373 e. The molecule has 1 saturated heterocycles. The maximum Gasteiger partial charge on any atom is 0.317 e. The van der Waals surface area contributed by atoms with Gasteiger partial charge >= 0.3 is 6.03 Å². The van der Waals surface area contributed by atoms with Gasteiger partial charge in [-0.2, -0.15) is 0 Å². The normalized spacial score (nSPS) is 27.3. The highest BCUT2D eigenvalue weighted by Crippen LogP contribution is 2.36. The van der Waals surface area contributed by atoms with Crippen molar-refractivity contribution in [1.29, 1.82) is 0 Å². The van der Waals surface area contributed by atoms with Gasteiger partial charge in [0.15, 0.2) is 0 Å². The van der Waals surface area contributed by atoms with Crippen molar-refractivity contribution in [2.75, 3.05) is 13.2 Å². The molecule has 0 unspecified atom stereocenters. The molecule has 130 valence electrons. The first-order valence-electron chi connectivity index (χ1n) is 9.55. The van der Waals surface area contributed by atoms with Crippen molar-refractivity contribution in [2.24, 2.45) is 5.92 Å². The number of benzene rings is 1. The van der Waals surface area contributed by atoms with Crippen LogP contribution in [0, 0.1) is 5.92 Å². The molecule has 2 aliphatic carbocycles. The van der Waals surface area contributed by atoms with E-state index in [1.165, 1.54) is 44.1 Å². The van der Waals surface area contributed by atoms with Crippen molar-refractivity contribution in [2.45, 2.75) is 63.1 Å². The zero-order chi connectivity index (χ0) is 16.4. The Morgan fingerprint density at radius 3 is 2.46 bits per heavy atom. The Morgan fingerprint density at radius 2 is 1.75 bits per heavy atom. The van der Waals surface area contributed by atoms with Gasteiger partial charge in [-0.3, -0.25) is 0 Å². The molecule has 0 radical (unpaired) electrons. The maximum absolute atomic E-state index is 12.8. The van der Waals surface area contributed by atoms with E-state index in [0.717, 1.165) is 13.0 Å². The van der Waals surface area contributed by atoms with E-state index in [2.05, 4.69) is 34.5 Å². The third-order valence-electron chi connectivity index (χ3n) is 5.75. The standard InChI is InChI=1S/C20H28N2O2/c23-20(22(18-10-11-18)17-8-4-5-9-17)21-14-16-12-13-24-19(16)15-6-2-1-3-7-15/h1-3,6-7,16-19H,4-5,8-14H2,(H,21,23)/t16-,19-/m1/s1. The van der Waals surface area contributed by atoms with Crippen LogP contribution in [0.1, 0.15) is 56.6 Å². The summed E-state index contributed by atoms with van der Waals surface area (Å²) in [6.45, 7) is 1.50. The number of carbonyl (C=O) groups is 1. The van der Waals surface area contributed by atoms with Gasteiger partial charge in [0, 0.05) is 31.2 Å². The molecule has 0 bridgehead atoms. The van der Waals surface area contributed by atoms with Gasteiger partial charge in [-0.05, 0) is 37.7 Å². The average molecular weight is 328 g/mol. The molecule has 1 N–H and O–H groups in total. The minimum absolute atomic E-state index is 0.118. The first kappa shape index (κ1) is 15.9. The number of ether oxygens (including phenoxy) is 1. The van der Waals surface area contributed by atoms with Crippen LogP contribution < -0.4 is 5.32 Å². The smallest absolute Gasteiger partial charge is 0.317 e. The summed E-state index contributed by atoms with van der Waals surface area (Å²) in [6, 6.07) is 11.5. The summed E-state index contributed by atoms with van der Waals surface area (Å²) in [5, 5.41) is 3.23. The summed E-state index contributed by atoms with van der Waals surface area (Å²) in [5.41, 5.74) is 1.23. The van der Waals surface area contributed by atoms with Crippen molar-refractivity contribution < 1.29 is 9.53 Å². The van der Waals surface area contributed by atoms with Crippen molar-refractivity contribution in [3.05, 3.63) is 35.9 Å². The molecule has 24 heavy (non-hydrogen) atoms. The number of rotatable bonds is 5. The van der Waals surface area contributed by atoms with Crippen LogP contribution >= 0.6 is 0 Å². The number of amides is 2. The monoisotopic (exact) mass is 328 g/mol. The van der Waals surface area contributed by atoms with Gasteiger partial charge in [0.2, 0.25) is 0 Å². The van der Waals surface area contributed by atoms with E-state index < -0.39 is 0 Å². The fourth-order valence-corrected chi connectivity index (χ4v) is 4.33. The van der Waals surface area contributed by atoms with E-state index in [4.69, 9.17) is 4.74 Å². The average Bonchev–Trinajstić information content (AvgIpc) is 3.11. The number of hydrogen-bond acceptors (Lipinski definition) is 2. The van der Waals surface area contributed by atoms with E-state index >= 15 is 0 Å². The minimum Gasteiger partial charge on any atom is -0.373 e. The predicted octanol–water partition coefficient (Wildman–Crippen LogP) is 3.88. The molecule has 1 aromatic rings. The highest BCUT2D eigenvalue weighted by atomic mass is 16.5. The summed E-state index contributed by atoms with van der Waals surface area (Å²) in [5.74, 6) is 0.376. The number of urea groups is 1. The van der Waals surface area contributed by atoms with E-state index in [1.807, 2.05) is 6.07 Å². The summed E-state index contributed by atoms with van der Waals surface area (Å²) < 4.78 is 5.94. The van der Waals surface area contributed by atoms with Crippen molar-refractivity contribution in [3.63, 3.8) is 0 Å². The molecular weight excluding hydrogens is 300 g/mol. The van der Waals surface area contributed by atoms with Crippen LogP contribution in [0.5, 0.6) is 0 Å². The molecular formula is C20H28N2O2. The van der Waals surface area contributed by atoms with Crippen LogP contribution in [0.3, 0.4) is 0 Å². The lowest BCUT2D eigenvalue weighted by Crippen LogP contribution is -2.47. The van der Waals surface area contributed by atoms with Crippen molar-refractivity contribution in [3.8, 4) is 0 Å². The minimum atomic E-state index is 0.118. The molecule has 4 rings (SSSR count). The zero-order valence-electron chi connectivity index (χ0n) is 14.3. The molecule has 1 heterocycles. The van der Waals surface area contributed by atoms with E-state index in [1.54, 1.807) is 0 Å². The molecule has 3 aliphatic rings. The van der Waals surface area contributed by atoms with E-state index in [0.29, 0.717) is 24.5 Å². The van der Waals surface area contributed by atoms with E-state index in [-0.39, 0.29) is 12.1 Å². The fourth-order valence-electron chi connectivity index (χ4n) is 4.33. The van der Waals surface area contributed by atoms with Gasteiger partial charge in [-0.25, -0.2) is 4.79 Å². The van der Waals surface area contributed by atoms with Crippen LogP contribution in [0.15, 0.2) is 30.3 Å². The van der Waals surface area contributed by atoms with Gasteiger partial charge in [0.05, 0.1) is 6.10 Å². The quantitative estimate of drug-likeness (QED) is 0.891. The topological polar surface area (TPSA) is 41.6 Å². The van der Waals surface area contributed by atoms with E-state index in [9.17, 15) is 4.79 Å². The lowest BCUT2D eigenvalue weighted by atomic mass is 9.95. The van der Waals surface area contributed by atoms with Crippen molar-refractivity contribution in [1.82, 2.24) is 10.2 Å². The molecule has 2 amide bonds. The third kappa shape index (κ3) is 3.44. The lowest BCUT2D eigenvalue weighted by Gasteiger charge is -2.30. The Labute approximate surface area is 144 Å². The van der Waals surface area contributed by atoms with Crippen LogP contribution in [-0.4, -0.2) is 36.2 Å². The Bertz CT molecular complexity index is 552. The van der Waals surface area contributed by atoms with Crippen molar-refractivity contribution >= 4 is 6.03 Å². The number of carbonyl (C=O) groups excluding carboxylic acids is 1. The summed E-state index contributed by atoms with van der Waals surface area (Å²) in [6.07, 6.45) is 8.42. The maximum atomic E-state index is 12.8. The molecule has 4 heteroatoms. The summed E-state index contributed by atoms with van der Waals surface area (Å²) in [4.78, 5) is 15.0. The Balaban J connectivity index is 1.35. The third-order valence-corrected chi connectivity index (χ3v) is 5.75. The molecule has 2 saturated carbocycles. The highest BCUT2D eigenvalue weighted by molar-refractivity contribution is 5.75. The van der Waals surface area contributed by atoms with Gasteiger partial charge in [0.1, 0.15) is 0 Å². The molecule has 2 atom stereocenters. The SMILES string of the molecule is O=C(NC[C@H]1CCO[C@@H]1c1ccccc1)N(C1CCCC1)C1CC1. The Morgan fingerprint density at radius 1 is 1.04 bits per heavy atom. The molecule has 0 aromatic heterocycles. The van der Waals surface area contributed by atoms with Crippen LogP contribution in [0.25, 0.3) is 0 Å². The Kier molecular flexibility index (Phi) is 4.74. The second-order valence-corrected chi connectivity index (χ2v) is 7.51. The lowest BCUT2D eigenvalue weighted by molar-refractivity contribution is 0.0901. The van der Waals surface area contributed by atoms with Gasteiger partial charge < -0.3 is 15.0 Å². The molecule has 0 spiro atoms. The second-order valence-electron chi connectivity index (χ2n) is 7.51. The first-order chi connectivity index (χ1) is 11.8. The highest BCUT2D eigenvalue weighted by Gasteiger charge is 2.39. The zero-order valence-corrected chi connectivity index (χ0v) is 14.3. The first-order valence-corrected chi connectivity index (χ1v) is 9.55. The van der Waals surface area contributed by atoms with Crippen LogP contribution in [0.4, 0.5) is 4.79 Å². The summed E-state index contributed by atoms with van der Waals surface area (Å²) >= 11 is 0. The predicted molar refractivity (Wildman–Crippen MR) is 93.8 cm³/mol. The molecule has 1 aliphatic heterocycles. The molecule has 4 nitrogen and oxygen atoms in total. The fraction of sp³-hybridized carbons (Fsp3) is 0.650. The van der Waals surface area contributed by atoms with Crippen LogP contribution in [0.2, 0.25) is 0 Å². The van der Waals surface area contributed by atoms with Gasteiger partial charge in [-0.1, -0.05) is 43.2 Å². The number of nitrogens with zero attached hydrogens (tertiary/aromatic N) is 1. The Hall–Kier alpha value is -1.55.